The summed E-state index contributed by atoms with van der Waals surface area (Å²) in [4.78, 5) is 11.6. The highest BCUT2D eigenvalue weighted by molar-refractivity contribution is 5.90. The van der Waals surface area contributed by atoms with Crippen molar-refractivity contribution < 1.29 is 9.84 Å². The van der Waals surface area contributed by atoms with Crippen LogP contribution in [0.5, 0.6) is 11.5 Å². The second kappa shape index (κ2) is 10.0. The van der Waals surface area contributed by atoms with Gasteiger partial charge in [0.2, 0.25) is 5.95 Å². The maximum absolute atomic E-state index is 10.1. The van der Waals surface area contributed by atoms with Gasteiger partial charge in [-0.2, -0.15) is 4.98 Å². The lowest BCUT2D eigenvalue weighted by Gasteiger charge is -2.29. The van der Waals surface area contributed by atoms with Gasteiger partial charge in [0.1, 0.15) is 17.3 Å². The van der Waals surface area contributed by atoms with Gasteiger partial charge in [-0.25, -0.2) is 4.98 Å². The molecule has 4 rings (SSSR count). The number of phenols is 1. The van der Waals surface area contributed by atoms with Gasteiger partial charge in [-0.1, -0.05) is 18.2 Å². The Hall–Kier alpha value is -3.06. The molecule has 1 fully saturated rings. The molecule has 0 aliphatic heterocycles. The molecule has 0 spiro atoms. The molecule has 0 unspecified atom stereocenters. The van der Waals surface area contributed by atoms with Crippen LogP contribution in [-0.2, 0) is 6.54 Å². The summed E-state index contributed by atoms with van der Waals surface area (Å²) in [5, 5.41) is 18.3. The minimum absolute atomic E-state index is 0.275. The lowest BCUT2D eigenvalue weighted by atomic mass is 9.86. The van der Waals surface area contributed by atoms with Crippen LogP contribution in [0.2, 0.25) is 0 Å². The highest BCUT2D eigenvalue weighted by Crippen LogP contribution is 2.29. The van der Waals surface area contributed by atoms with E-state index in [1.165, 1.54) is 0 Å². The van der Waals surface area contributed by atoms with Crippen molar-refractivity contribution in [3.63, 3.8) is 0 Å². The Balaban J connectivity index is 1.30. The van der Waals surface area contributed by atoms with Crippen LogP contribution in [0, 0.1) is 5.92 Å². The Morgan fingerprint density at radius 1 is 1.03 bits per heavy atom. The van der Waals surface area contributed by atoms with Gasteiger partial charge < -0.3 is 25.4 Å². The first-order chi connectivity index (χ1) is 15.5. The molecule has 7 heteroatoms. The van der Waals surface area contributed by atoms with Gasteiger partial charge in [-0.3, -0.25) is 0 Å². The van der Waals surface area contributed by atoms with Gasteiger partial charge in [-0.05, 0) is 62.4 Å². The third-order valence-electron chi connectivity index (χ3n) is 6.25. The number of nitrogens with zero attached hydrogens (tertiary/aromatic N) is 3. The largest absolute Gasteiger partial charge is 0.507 e. The number of nitrogens with one attached hydrogen (secondary N) is 2. The van der Waals surface area contributed by atoms with Gasteiger partial charge in [0.05, 0.1) is 12.6 Å². The standard InChI is InChI=1S/C25H33N5O2/c1-30(2)24-19-7-4-5-8-21(19)28-25(29-24)27-18-13-11-17(12-14-18)15-26-16-20-22(31)9-6-10-23(20)32-3/h4-10,17-18,26,31H,11-16H2,1-3H3,(H,27,28,29)/t17-,18+. The number of methoxy groups -OCH3 is 1. The number of phenolic OH excluding ortho intramolecular Hbond substituents is 1. The second-order valence-corrected chi connectivity index (χ2v) is 8.73. The smallest absolute Gasteiger partial charge is 0.225 e. The number of aromatic nitrogens is 2. The van der Waals surface area contributed by atoms with E-state index in [-0.39, 0.29) is 5.75 Å². The molecule has 1 aliphatic carbocycles. The van der Waals surface area contributed by atoms with Crippen LogP contribution in [0.4, 0.5) is 11.8 Å². The maximum atomic E-state index is 10.1. The van der Waals surface area contributed by atoms with E-state index in [0.717, 1.165) is 60.3 Å². The number of para-hydroxylation sites is 1. The number of fused-ring (bicyclic) bond motifs is 1. The Kier molecular flexibility index (Phi) is 6.95. The molecule has 0 amide bonds. The average molecular weight is 436 g/mol. The Morgan fingerprint density at radius 3 is 2.56 bits per heavy atom. The molecule has 170 valence electrons. The number of rotatable bonds is 8. The van der Waals surface area contributed by atoms with Crippen molar-refractivity contribution in [1.29, 1.82) is 0 Å². The van der Waals surface area contributed by atoms with Crippen molar-refractivity contribution in [2.45, 2.75) is 38.3 Å². The molecule has 0 saturated heterocycles. The van der Waals surface area contributed by atoms with Gasteiger partial charge in [0.15, 0.2) is 0 Å². The van der Waals surface area contributed by atoms with Crippen LogP contribution in [0.25, 0.3) is 10.9 Å². The Morgan fingerprint density at radius 2 is 1.81 bits per heavy atom. The van der Waals surface area contributed by atoms with Gasteiger partial charge >= 0.3 is 0 Å². The average Bonchev–Trinajstić information content (AvgIpc) is 2.80. The summed E-state index contributed by atoms with van der Waals surface area (Å²) < 4.78 is 5.37. The summed E-state index contributed by atoms with van der Waals surface area (Å²) in [7, 11) is 5.66. The van der Waals surface area contributed by atoms with Crippen molar-refractivity contribution in [1.82, 2.24) is 15.3 Å². The van der Waals surface area contributed by atoms with E-state index in [1.807, 2.05) is 43.3 Å². The summed E-state index contributed by atoms with van der Waals surface area (Å²) in [5.41, 5.74) is 1.78. The maximum Gasteiger partial charge on any atom is 0.225 e. The van der Waals surface area contributed by atoms with Crippen LogP contribution in [0.15, 0.2) is 42.5 Å². The minimum Gasteiger partial charge on any atom is -0.507 e. The third kappa shape index (κ3) is 5.05. The van der Waals surface area contributed by atoms with Gasteiger partial charge in [-0.15, -0.1) is 0 Å². The van der Waals surface area contributed by atoms with Crippen molar-refractivity contribution in [2.75, 3.05) is 38.0 Å². The van der Waals surface area contributed by atoms with Gasteiger partial charge in [0.25, 0.3) is 0 Å². The predicted octanol–water partition coefficient (Wildman–Crippen LogP) is 4.17. The van der Waals surface area contributed by atoms with E-state index in [0.29, 0.717) is 24.5 Å². The molecule has 2 aromatic carbocycles. The highest BCUT2D eigenvalue weighted by atomic mass is 16.5. The lowest BCUT2D eigenvalue weighted by molar-refractivity contribution is 0.321. The van der Waals surface area contributed by atoms with Crippen LogP contribution < -0.4 is 20.3 Å². The topological polar surface area (TPSA) is 82.5 Å². The van der Waals surface area contributed by atoms with E-state index in [9.17, 15) is 5.11 Å². The zero-order valence-corrected chi connectivity index (χ0v) is 19.1. The predicted molar refractivity (Wildman–Crippen MR) is 130 cm³/mol. The quantitative estimate of drug-likeness (QED) is 0.490. The number of benzene rings is 2. The highest BCUT2D eigenvalue weighted by Gasteiger charge is 2.22. The molecule has 0 bridgehead atoms. The van der Waals surface area contributed by atoms with E-state index in [2.05, 4.69) is 16.7 Å². The molecule has 1 heterocycles. The molecule has 0 radical (unpaired) electrons. The molecular weight excluding hydrogens is 402 g/mol. The third-order valence-corrected chi connectivity index (χ3v) is 6.25. The molecule has 3 N–H and O–H groups in total. The zero-order chi connectivity index (χ0) is 22.5. The number of ether oxygens (including phenoxy) is 1. The van der Waals surface area contributed by atoms with Crippen molar-refractivity contribution in [3.8, 4) is 11.5 Å². The van der Waals surface area contributed by atoms with E-state index in [4.69, 9.17) is 14.7 Å². The molecule has 1 aliphatic rings. The summed E-state index contributed by atoms with van der Waals surface area (Å²) in [6, 6.07) is 13.9. The van der Waals surface area contributed by atoms with Crippen LogP contribution in [0.1, 0.15) is 31.2 Å². The van der Waals surface area contributed by atoms with Crippen LogP contribution in [-0.4, -0.2) is 48.9 Å². The van der Waals surface area contributed by atoms with E-state index in [1.54, 1.807) is 19.2 Å². The van der Waals surface area contributed by atoms with Crippen molar-refractivity contribution in [3.05, 3.63) is 48.0 Å². The summed E-state index contributed by atoms with van der Waals surface area (Å²) >= 11 is 0. The minimum atomic E-state index is 0.275. The van der Waals surface area contributed by atoms with E-state index >= 15 is 0 Å². The number of hydrogen-bond donors (Lipinski definition) is 3. The first-order valence-electron chi connectivity index (χ1n) is 11.3. The summed E-state index contributed by atoms with van der Waals surface area (Å²) in [5.74, 6) is 3.27. The Labute approximate surface area is 189 Å². The van der Waals surface area contributed by atoms with Crippen molar-refractivity contribution >= 4 is 22.7 Å². The molecular formula is C25H33N5O2. The second-order valence-electron chi connectivity index (χ2n) is 8.73. The SMILES string of the molecule is COc1cccc(O)c1CNC[C@H]1CC[C@@H](Nc2nc(N(C)C)c3ccccc3n2)CC1. The monoisotopic (exact) mass is 435 g/mol. The zero-order valence-electron chi connectivity index (χ0n) is 19.1. The van der Waals surface area contributed by atoms with Gasteiger partial charge in [0, 0.05) is 37.6 Å². The Bertz CT molecular complexity index is 1050. The molecule has 0 atom stereocenters. The normalized spacial score (nSPS) is 18.5. The van der Waals surface area contributed by atoms with E-state index < -0.39 is 0 Å². The van der Waals surface area contributed by atoms with Crippen LogP contribution in [0.3, 0.4) is 0 Å². The number of aromatic hydroxyl groups is 1. The molecule has 7 nitrogen and oxygen atoms in total. The van der Waals surface area contributed by atoms with Crippen LogP contribution >= 0.6 is 0 Å². The first kappa shape index (κ1) is 22.1. The lowest BCUT2D eigenvalue weighted by Crippen LogP contribution is -2.31. The molecule has 1 saturated carbocycles. The fraction of sp³-hybridized carbons (Fsp3) is 0.440. The fourth-order valence-corrected chi connectivity index (χ4v) is 4.48. The molecule has 1 aromatic heterocycles. The first-order valence-corrected chi connectivity index (χ1v) is 11.3. The molecule has 3 aromatic rings. The number of hydrogen-bond acceptors (Lipinski definition) is 7. The summed E-state index contributed by atoms with van der Waals surface area (Å²) in [6.45, 7) is 1.54. The summed E-state index contributed by atoms with van der Waals surface area (Å²) in [6.07, 6.45) is 4.49. The fourth-order valence-electron chi connectivity index (χ4n) is 4.48. The number of anilines is 2. The molecule has 32 heavy (non-hydrogen) atoms. The van der Waals surface area contributed by atoms with Crippen molar-refractivity contribution in [2.24, 2.45) is 5.92 Å².